The minimum atomic E-state index is 0.558. The fraction of sp³-hybridized carbons (Fsp3) is 0. The first-order valence-electron chi connectivity index (χ1n) is 23.1. The molecule has 14 aromatic rings. The molecule has 0 unspecified atom stereocenters. The first-order chi connectivity index (χ1) is 33.7. The van der Waals surface area contributed by atoms with Crippen molar-refractivity contribution in [2.45, 2.75) is 0 Å². The molecule has 0 amide bonds. The molecular formula is C63H36N4O. The molecular weight excluding hydrogens is 829 g/mol. The highest BCUT2D eigenvalue weighted by atomic mass is 16.3. The number of furan rings is 1. The Balaban J connectivity index is 0.923. The summed E-state index contributed by atoms with van der Waals surface area (Å²) in [6.07, 6.45) is 0. The third kappa shape index (κ3) is 5.35. The van der Waals surface area contributed by atoms with E-state index >= 15 is 0 Å². The smallest absolute Gasteiger partial charge is 0.238 e. The lowest BCUT2D eigenvalue weighted by Gasteiger charge is -2.12. The van der Waals surface area contributed by atoms with Crippen LogP contribution in [0.2, 0.25) is 0 Å². The van der Waals surface area contributed by atoms with Gasteiger partial charge in [-0.05, 0) is 107 Å². The van der Waals surface area contributed by atoms with Crippen LogP contribution in [-0.2, 0) is 0 Å². The average Bonchev–Trinajstić information content (AvgIpc) is 4.07. The van der Waals surface area contributed by atoms with Crippen LogP contribution in [0.15, 0.2) is 223 Å². The van der Waals surface area contributed by atoms with Gasteiger partial charge in [0, 0.05) is 32.7 Å². The molecule has 0 atom stereocenters. The maximum absolute atomic E-state index is 6.54. The van der Waals surface area contributed by atoms with Gasteiger partial charge >= 0.3 is 0 Å². The number of nitrogens with zero attached hydrogens (tertiary/aromatic N) is 4. The van der Waals surface area contributed by atoms with E-state index in [-0.39, 0.29) is 0 Å². The van der Waals surface area contributed by atoms with E-state index in [4.69, 9.17) is 19.4 Å². The van der Waals surface area contributed by atoms with Crippen molar-refractivity contribution in [3.8, 4) is 73.2 Å². The maximum Gasteiger partial charge on any atom is 0.238 e. The van der Waals surface area contributed by atoms with Crippen molar-refractivity contribution >= 4 is 76.1 Å². The summed E-state index contributed by atoms with van der Waals surface area (Å²) in [5.74, 6) is 1.77. The SMILES string of the molecule is c1ccc(-c2nc(-c3ccc(-c4ccc5c6c(cccc46)-c4ccccc4-5)cc3)nc(-n3c4ccc(-c5cc6oc7ccccc7c6c6ccccc56)cc4c4c5ccccc5ccc43)n2)cc1. The fourth-order valence-electron chi connectivity index (χ4n) is 11.2. The molecule has 0 radical (unpaired) electrons. The Morgan fingerprint density at radius 2 is 0.897 bits per heavy atom. The Kier molecular flexibility index (Phi) is 7.72. The molecule has 15 rings (SSSR count). The number of para-hydroxylation sites is 1. The molecule has 3 aromatic heterocycles. The van der Waals surface area contributed by atoms with E-state index in [0.717, 1.165) is 71.6 Å². The normalized spacial score (nSPS) is 12.1. The number of hydrogen-bond donors (Lipinski definition) is 0. The molecule has 11 aromatic carbocycles. The van der Waals surface area contributed by atoms with Gasteiger partial charge in [-0.3, -0.25) is 4.57 Å². The van der Waals surface area contributed by atoms with E-state index < -0.39 is 0 Å². The van der Waals surface area contributed by atoms with Gasteiger partial charge in [-0.25, -0.2) is 4.98 Å². The number of rotatable bonds is 5. The highest BCUT2D eigenvalue weighted by molar-refractivity contribution is 6.25. The fourth-order valence-corrected chi connectivity index (χ4v) is 11.2. The molecule has 1 aliphatic carbocycles. The lowest BCUT2D eigenvalue weighted by atomic mass is 9.94. The molecule has 0 bridgehead atoms. The van der Waals surface area contributed by atoms with Crippen molar-refractivity contribution in [1.29, 1.82) is 0 Å². The van der Waals surface area contributed by atoms with Gasteiger partial charge in [0.1, 0.15) is 11.2 Å². The zero-order valence-corrected chi connectivity index (χ0v) is 36.5. The summed E-state index contributed by atoms with van der Waals surface area (Å²) in [5, 5.41) is 11.8. The minimum absolute atomic E-state index is 0.558. The monoisotopic (exact) mass is 864 g/mol. The van der Waals surface area contributed by atoms with Crippen LogP contribution in [0.5, 0.6) is 0 Å². The lowest BCUT2D eigenvalue weighted by molar-refractivity contribution is 0.669. The van der Waals surface area contributed by atoms with Crippen LogP contribution in [0.4, 0.5) is 0 Å². The van der Waals surface area contributed by atoms with Crippen molar-refractivity contribution in [2.24, 2.45) is 0 Å². The zero-order chi connectivity index (χ0) is 44.5. The third-order valence-electron chi connectivity index (χ3n) is 14.2. The Morgan fingerprint density at radius 1 is 0.294 bits per heavy atom. The predicted octanol–water partition coefficient (Wildman–Crippen LogP) is 16.6. The third-order valence-corrected chi connectivity index (χ3v) is 14.2. The van der Waals surface area contributed by atoms with E-state index in [2.05, 4.69) is 199 Å². The highest BCUT2D eigenvalue weighted by Gasteiger charge is 2.24. The summed E-state index contributed by atoms with van der Waals surface area (Å²) in [4.78, 5) is 15.8. The molecule has 314 valence electrons. The molecule has 0 fully saturated rings. The summed E-state index contributed by atoms with van der Waals surface area (Å²) < 4.78 is 8.76. The second kappa shape index (κ2) is 14.2. The van der Waals surface area contributed by atoms with Crippen LogP contribution in [0, 0.1) is 0 Å². The minimum Gasteiger partial charge on any atom is -0.456 e. The molecule has 5 heteroatoms. The van der Waals surface area contributed by atoms with Crippen molar-refractivity contribution in [3.63, 3.8) is 0 Å². The molecule has 0 aliphatic heterocycles. The first-order valence-corrected chi connectivity index (χ1v) is 23.1. The van der Waals surface area contributed by atoms with Crippen LogP contribution in [0.25, 0.3) is 149 Å². The predicted molar refractivity (Wildman–Crippen MR) is 280 cm³/mol. The second-order valence-electron chi connectivity index (χ2n) is 17.8. The van der Waals surface area contributed by atoms with Gasteiger partial charge in [0.05, 0.1) is 11.0 Å². The quantitative estimate of drug-likeness (QED) is 0.173. The topological polar surface area (TPSA) is 56.7 Å². The van der Waals surface area contributed by atoms with Gasteiger partial charge in [0.25, 0.3) is 0 Å². The first kappa shape index (κ1) is 37.1. The molecule has 0 saturated heterocycles. The van der Waals surface area contributed by atoms with Crippen molar-refractivity contribution in [1.82, 2.24) is 19.5 Å². The number of benzene rings is 11. The summed E-state index contributed by atoms with van der Waals surface area (Å²) in [6.45, 7) is 0. The van der Waals surface area contributed by atoms with E-state index in [1.807, 2.05) is 24.3 Å². The zero-order valence-electron chi connectivity index (χ0n) is 36.5. The van der Waals surface area contributed by atoms with Gasteiger partial charge in [0.15, 0.2) is 11.6 Å². The molecule has 3 heterocycles. The van der Waals surface area contributed by atoms with Gasteiger partial charge < -0.3 is 4.42 Å². The molecule has 0 saturated carbocycles. The van der Waals surface area contributed by atoms with Gasteiger partial charge in [-0.15, -0.1) is 0 Å². The van der Waals surface area contributed by atoms with Crippen molar-refractivity contribution in [3.05, 3.63) is 218 Å². The summed E-state index contributed by atoms with van der Waals surface area (Å²) in [5.41, 5.74) is 15.4. The molecule has 1 aliphatic rings. The Morgan fingerprint density at radius 3 is 1.72 bits per heavy atom. The largest absolute Gasteiger partial charge is 0.456 e. The summed E-state index contributed by atoms with van der Waals surface area (Å²) >= 11 is 0. The van der Waals surface area contributed by atoms with E-state index in [1.54, 1.807) is 0 Å². The lowest BCUT2D eigenvalue weighted by Crippen LogP contribution is -2.06. The number of hydrogen-bond acceptors (Lipinski definition) is 4. The van der Waals surface area contributed by atoms with Gasteiger partial charge in [0.2, 0.25) is 5.95 Å². The Hall–Kier alpha value is -9.19. The van der Waals surface area contributed by atoms with Crippen LogP contribution < -0.4 is 0 Å². The van der Waals surface area contributed by atoms with E-state index in [1.165, 1.54) is 60.1 Å². The van der Waals surface area contributed by atoms with Gasteiger partial charge in [-0.1, -0.05) is 188 Å². The average molecular weight is 865 g/mol. The summed E-state index contributed by atoms with van der Waals surface area (Å²) in [6, 6.07) is 77.9. The van der Waals surface area contributed by atoms with E-state index in [9.17, 15) is 0 Å². The van der Waals surface area contributed by atoms with E-state index in [0.29, 0.717) is 17.6 Å². The van der Waals surface area contributed by atoms with Crippen LogP contribution >= 0.6 is 0 Å². The summed E-state index contributed by atoms with van der Waals surface area (Å²) in [7, 11) is 0. The number of aromatic nitrogens is 4. The van der Waals surface area contributed by atoms with Crippen LogP contribution in [0.1, 0.15) is 0 Å². The highest BCUT2D eigenvalue weighted by Crippen LogP contribution is 2.49. The van der Waals surface area contributed by atoms with Crippen LogP contribution in [0.3, 0.4) is 0 Å². The maximum atomic E-state index is 6.54. The Labute approximate surface area is 389 Å². The van der Waals surface area contributed by atoms with Crippen molar-refractivity contribution < 1.29 is 4.42 Å². The molecule has 68 heavy (non-hydrogen) atoms. The number of fused-ring (bicyclic) bond motifs is 13. The molecule has 5 nitrogen and oxygen atoms in total. The molecule has 0 spiro atoms. The van der Waals surface area contributed by atoms with Crippen LogP contribution in [-0.4, -0.2) is 19.5 Å². The Bertz CT molecular complexity index is 4400. The standard InChI is InChI=1S/C63H36N4O/c1-2-14-39(15-3-1)61-64-62(40-27-25-38(26-28-40)42-31-32-50-45-18-7-6-17-44(45)48-23-12-22-47(42)58(48)50)66-63(65-61)67-54-33-30-41(35-53(54)59-43-16-5-4-13-37(43)29-34-55(59)67)52-36-57-60(49-20-9-8-19-46(49)52)51-21-10-11-24-56(51)68-57/h1-36H. The van der Waals surface area contributed by atoms with Crippen molar-refractivity contribution in [2.75, 3.05) is 0 Å². The molecule has 0 N–H and O–H groups in total. The van der Waals surface area contributed by atoms with Gasteiger partial charge in [-0.2, -0.15) is 9.97 Å². The second-order valence-corrected chi connectivity index (χ2v) is 17.8.